The van der Waals surface area contributed by atoms with Crippen LogP contribution in [-0.4, -0.2) is 32.3 Å². The minimum Gasteiger partial charge on any atom is -0.494 e. The van der Waals surface area contributed by atoms with E-state index in [0.29, 0.717) is 6.61 Å². The van der Waals surface area contributed by atoms with Crippen molar-refractivity contribution in [3.8, 4) is 5.75 Å². The number of hydrogen-bond acceptors (Lipinski definition) is 3. The number of likely N-dealkylation sites (tertiary alicyclic amines) is 1. The van der Waals surface area contributed by atoms with E-state index < -0.39 is 6.09 Å². The smallest absolute Gasteiger partial charge is 0.405 e. The summed E-state index contributed by atoms with van der Waals surface area (Å²) in [6, 6.07) is 18.5. The predicted molar refractivity (Wildman–Crippen MR) is 117 cm³/mol. The molecule has 3 rings (SSSR count). The first-order valence-corrected chi connectivity index (χ1v) is 10.7. The Morgan fingerprint density at radius 2 is 1.72 bits per heavy atom. The first kappa shape index (κ1) is 21.2. The molecule has 0 bridgehead atoms. The number of piperidine rings is 1. The van der Waals surface area contributed by atoms with Gasteiger partial charge in [-0.05, 0) is 55.5 Å². The van der Waals surface area contributed by atoms with Gasteiger partial charge in [0.2, 0.25) is 0 Å². The highest BCUT2D eigenvalue weighted by Gasteiger charge is 2.33. The Labute approximate surface area is 174 Å². The monoisotopic (exact) mass is 397 g/mol. The van der Waals surface area contributed by atoms with E-state index in [1.54, 1.807) is 0 Å². The number of benzene rings is 2. The lowest BCUT2D eigenvalue weighted by Gasteiger charge is -2.41. The van der Waals surface area contributed by atoms with E-state index in [2.05, 4.69) is 37.3 Å². The van der Waals surface area contributed by atoms with E-state index in [4.69, 9.17) is 15.2 Å². The van der Waals surface area contributed by atoms with Crippen LogP contribution in [0.3, 0.4) is 0 Å². The van der Waals surface area contributed by atoms with Crippen molar-refractivity contribution in [3.05, 3.63) is 60.2 Å². The van der Waals surface area contributed by atoms with Gasteiger partial charge in [0.1, 0.15) is 17.5 Å². The molecular formula is C24H33N2O3+. The number of primary amides is 1. The number of ether oxygens (including phenoxy) is 2. The second-order valence-electron chi connectivity index (χ2n) is 7.84. The maximum atomic E-state index is 11.6. The molecule has 2 aromatic carbocycles. The fourth-order valence-corrected chi connectivity index (χ4v) is 4.27. The third kappa shape index (κ3) is 5.73. The molecule has 0 radical (unpaired) electrons. The number of amides is 1. The van der Waals surface area contributed by atoms with Crippen molar-refractivity contribution >= 4 is 11.8 Å². The highest BCUT2D eigenvalue weighted by atomic mass is 16.6. The van der Waals surface area contributed by atoms with Crippen LogP contribution < -0.4 is 15.0 Å². The summed E-state index contributed by atoms with van der Waals surface area (Å²) in [5, 5.41) is 0. The van der Waals surface area contributed by atoms with E-state index in [1.807, 2.05) is 24.3 Å². The van der Waals surface area contributed by atoms with Gasteiger partial charge in [-0.2, -0.15) is 0 Å². The molecule has 1 heterocycles. The molecular weight excluding hydrogens is 364 g/mol. The highest BCUT2D eigenvalue weighted by molar-refractivity contribution is 5.65. The fraction of sp³-hybridized carbons (Fsp3) is 0.458. The second-order valence-corrected chi connectivity index (χ2v) is 7.84. The third-order valence-electron chi connectivity index (χ3n) is 5.78. The number of quaternary nitrogens is 1. The Morgan fingerprint density at radius 1 is 1.03 bits per heavy atom. The molecule has 0 aliphatic carbocycles. The number of carbonyl (C=O) groups is 1. The lowest BCUT2D eigenvalue weighted by atomic mass is 10.0. The first-order valence-electron chi connectivity index (χ1n) is 10.7. The number of carbonyl (C=O) groups excluding carboxylic acids is 1. The maximum absolute atomic E-state index is 11.6. The van der Waals surface area contributed by atoms with Crippen molar-refractivity contribution in [1.82, 2.24) is 4.48 Å². The summed E-state index contributed by atoms with van der Waals surface area (Å²) in [5.74, 6) is 0.831. The first-order chi connectivity index (χ1) is 14.1. The molecule has 5 nitrogen and oxygen atoms in total. The van der Waals surface area contributed by atoms with Crippen LogP contribution >= 0.6 is 0 Å². The molecule has 0 saturated carbocycles. The van der Waals surface area contributed by atoms with Gasteiger partial charge in [0.05, 0.1) is 26.2 Å². The molecule has 2 aromatic rings. The molecule has 29 heavy (non-hydrogen) atoms. The Bertz CT molecular complexity index is 755. The van der Waals surface area contributed by atoms with Crippen LogP contribution in [0.2, 0.25) is 0 Å². The van der Waals surface area contributed by atoms with E-state index in [9.17, 15) is 4.79 Å². The fourth-order valence-electron chi connectivity index (χ4n) is 4.27. The summed E-state index contributed by atoms with van der Waals surface area (Å²) >= 11 is 0. The van der Waals surface area contributed by atoms with Crippen molar-refractivity contribution < 1.29 is 14.3 Å². The van der Waals surface area contributed by atoms with Crippen LogP contribution in [0.5, 0.6) is 5.75 Å². The minimum absolute atomic E-state index is 0.353. The number of hydrogen-bond donors (Lipinski definition) is 1. The average Bonchev–Trinajstić information content (AvgIpc) is 2.76. The molecule has 1 amide bonds. The molecule has 1 aliphatic rings. The van der Waals surface area contributed by atoms with Gasteiger partial charge in [0.15, 0.2) is 0 Å². The van der Waals surface area contributed by atoms with E-state index in [1.165, 1.54) is 24.9 Å². The van der Waals surface area contributed by atoms with Gasteiger partial charge in [0.25, 0.3) is 0 Å². The molecule has 2 N–H and O–H groups in total. The number of para-hydroxylation sites is 1. The molecule has 5 heteroatoms. The van der Waals surface area contributed by atoms with Gasteiger partial charge >= 0.3 is 6.09 Å². The molecule has 1 fully saturated rings. The van der Waals surface area contributed by atoms with Crippen molar-refractivity contribution in [2.24, 2.45) is 5.73 Å². The number of nitrogens with zero attached hydrogens (tertiary/aromatic N) is 1. The van der Waals surface area contributed by atoms with Gasteiger partial charge in [0, 0.05) is 6.42 Å². The largest absolute Gasteiger partial charge is 0.494 e. The van der Waals surface area contributed by atoms with Crippen LogP contribution in [0.15, 0.2) is 54.6 Å². The van der Waals surface area contributed by atoms with Gasteiger partial charge in [-0.1, -0.05) is 37.3 Å². The molecule has 1 unspecified atom stereocenters. The predicted octanol–water partition coefficient (Wildman–Crippen LogP) is 5.19. The molecule has 1 atom stereocenters. The summed E-state index contributed by atoms with van der Waals surface area (Å²) in [6.07, 6.45) is 4.34. The van der Waals surface area contributed by atoms with Crippen LogP contribution in [0.1, 0.15) is 50.7 Å². The molecule has 0 aromatic heterocycles. The zero-order valence-corrected chi connectivity index (χ0v) is 17.4. The summed E-state index contributed by atoms with van der Waals surface area (Å²) in [7, 11) is 0. The van der Waals surface area contributed by atoms with Crippen LogP contribution in [-0.2, 0) is 4.74 Å². The highest BCUT2D eigenvalue weighted by Crippen LogP contribution is 2.32. The Hall–Kier alpha value is -2.53. The maximum Gasteiger partial charge on any atom is 0.405 e. The average molecular weight is 398 g/mol. The number of rotatable bonds is 9. The summed E-state index contributed by atoms with van der Waals surface area (Å²) in [6.45, 7) is 5.93. The Kier molecular flexibility index (Phi) is 7.53. The molecule has 0 spiro atoms. The summed E-state index contributed by atoms with van der Waals surface area (Å²) < 4.78 is 12.1. The lowest BCUT2D eigenvalue weighted by Crippen LogP contribution is -2.53. The van der Waals surface area contributed by atoms with Gasteiger partial charge in [-0.15, -0.1) is 0 Å². The van der Waals surface area contributed by atoms with E-state index >= 15 is 0 Å². The zero-order chi connectivity index (χ0) is 20.5. The Balaban J connectivity index is 1.76. The standard InChI is InChI=1S/C24H32N2O3/c1-2-19-28-22-13-11-20(12-14-22)23(29-24(25)27)15-18-26(16-7-4-8-17-26)21-9-5-3-6-10-21/h3,5-6,9-14,23H,2,4,7-8,15-19H2,1H3,(H-,25,27)/p+1. The van der Waals surface area contributed by atoms with Crippen LogP contribution in [0, 0.1) is 0 Å². The second kappa shape index (κ2) is 10.3. The van der Waals surface area contributed by atoms with Gasteiger partial charge in [-0.25, -0.2) is 4.79 Å². The van der Waals surface area contributed by atoms with Crippen molar-refractivity contribution in [2.75, 3.05) is 26.2 Å². The van der Waals surface area contributed by atoms with Crippen molar-refractivity contribution in [1.29, 1.82) is 0 Å². The normalized spacial score (nSPS) is 16.7. The Morgan fingerprint density at radius 3 is 2.34 bits per heavy atom. The topological polar surface area (TPSA) is 61.6 Å². The summed E-state index contributed by atoms with van der Waals surface area (Å²) in [4.78, 5) is 11.6. The number of nitrogens with two attached hydrogens (primary N) is 1. The van der Waals surface area contributed by atoms with Crippen molar-refractivity contribution in [3.63, 3.8) is 0 Å². The molecule has 1 aliphatic heterocycles. The summed E-state index contributed by atoms with van der Waals surface area (Å²) in [5.41, 5.74) is 7.68. The van der Waals surface area contributed by atoms with E-state index in [-0.39, 0.29) is 6.10 Å². The SMILES string of the molecule is CCCOc1ccc(C(CC[N+]2(c3ccccc3)CCCCC2)OC(N)=O)cc1. The zero-order valence-electron chi connectivity index (χ0n) is 17.4. The van der Waals surface area contributed by atoms with Crippen LogP contribution in [0.25, 0.3) is 0 Å². The third-order valence-corrected chi connectivity index (χ3v) is 5.78. The lowest BCUT2D eigenvalue weighted by molar-refractivity contribution is 0.0898. The quantitative estimate of drug-likeness (QED) is 0.592. The minimum atomic E-state index is -0.730. The van der Waals surface area contributed by atoms with Gasteiger partial charge < -0.3 is 15.2 Å². The van der Waals surface area contributed by atoms with Crippen molar-refractivity contribution in [2.45, 2.75) is 45.1 Å². The van der Waals surface area contributed by atoms with Crippen LogP contribution in [0.4, 0.5) is 10.5 Å². The molecule has 156 valence electrons. The van der Waals surface area contributed by atoms with Gasteiger partial charge in [-0.3, -0.25) is 4.48 Å². The van der Waals surface area contributed by atoms with E-state index in [0.717, 1.165) is 48.3 Å². The molecule has 1 saturated heterocycles.